The fraction of sp³-hybridized carbons (Fsp3) is 0.417. The van der Waals surface area contributed by atoms with E-state index in [9.17, 15) is 0 Å². The highest BCUT2D eigenvalue weighted by Gasteiger charge is 2.01. The van der Waals surface area contributed by atoms with E-state index in [1.54, 1.807) is 6.07 Å². The van der Waals surface area contributed by atoms with Gasteiger partial charge in [-0.25, -0.2) is 0 Å². The normalized spacial score (nSPS) is 12.5. The van der Waals surface area contributed by atoms with Gasteiger partial charge in [0, 0.05) is 12.2 Å². The quantitative estimate of drug-likeness (QED) is 0.795. The van der Waals surface area contributed by atoms with Gasteiger partial charge in [0.15, 0.2) is 0 Å². The van der Waals surface area contributed by atoms with Gasteiger partial charge < -0.3 is 5.32 Å². The topological polar surface area (TPSA) is 12.0 Å². The summed E-state index contributed by atoms with van der Waals surface area (Å²) in [5.74, 6) is 0.639. The predicted octanol–water partition coefficient (Wildman–Crippen LogP) is 4.66. The van der Waals surface area contributed by atoms with Crippen molar-refractivity contribution in [3.05, 3.63) is 34.7 Å². The molecule has 1 nitrogen and oxygen atoms in total. The Morgan fingerprint density at radius 1 is 1.33 bits per heavy atom. The molecule has 1 atom stereocenters. The summed E-state index contributed by atoms with van der Waals surface area (Å²) in [5.41, 5.74) is 1.00. The van der Waals surface area contributed by atoms with Crippen LogP contribution >= 0.6 is 23.2 Å². The molecule has 1 rings (SSSR count). The van der Waals surface area contributed by atoms with E-state index in [1.165, 1.54) is 6.42 Å². The van der Waals surface area contributed by atoms with Crippen LogP contribution < -0.4 is 5.32 Å². The molecule has 0 fully saturated rings. The molecule has 0 aliphatic heterocycles. The molecule has 0 bridgehead atoms. The molecule has 83 valence electrons. The van der Waals surface area contributed by atoms with Crippen molar-refractivity contribution in [3.63, 3.8) is 0 Å². The van der Waals surface area contributed by atoms with Crippen LogP contribution in [0.2, 0.25) is 10.0 Å². The molecule has 0 aliphatic carbocycles. The molecule has 0 saturated heterocycles. The molecule has 1 N–H and O–H groups in total. The maximum Gasteiger partial charge on any atom is 0.0612 e. The van der Waals surface area contributed by atoms with E-state index >= 15 is 0 Å². The number of hydrogen-bond donors (Lipinski definition) is 1. The fourth-order valence-electron chi connectivity index (χ4n) is 1.15. The minimum absolute atomic E-state index is 0.588. The number of halogens is 2. The van der Waals surface area contributed by atoms with Crippen molar-refractivity contribution in [1.82, 2.24) is 0 Å². The monoisotopic (exact) mass is 244 g/mol. The molecular formula is C12H16Cl2N. The zero-order chi connectivity index (χ0) is 11.3. The Morgan fingerprint density at radius 3 is 2.67 bits per heavy atom. The van der Waals surface area contributed by atoms with Gasteiger partial charge in [-0.2, -0.15) is 0 Å². The number of hydrogen-bond acceptors (Lipinski definition) is 1. The van der Waals surface area contributed by atoms with Crippen molar-refractivity contribution in [3.8, 4) is 0 Å². The maximum absolute atomic E-state index is 5.90. The highest BCUT2D eigenvalue weighted by Crippen LogP contribution is 2.24. The van der Waals surface area contributed by atoms with Crippen LogP contribution in [0.1, 0.15) is 20.3 Å². The molecule has 0 aromatic heterocycles. The molecule has 0 aliphatic rings. The van der Waals surface area contributed by atoms with Gasteiger partial charge in [0.05, 0.1) is 10.0 Å². The third kappa shape index (κ3) is 4.31. The van der Waals surface area contributed by atoms with E-state index in [4.69, 9.17) is 23.2 Å². The van der Waals surface area contributed by atoms with Gasteiger partial charge in [-0.05, 0) is 30.5 Å². The molecule has 0 heterocycles. The Balaban J connectivity index is 2.41. The first kappa shape index (κ1) is 12.7. The third-order valence-electron chi connectivity index (χ3n) is 2.39. The summed E-state index contributed by atoms with van der Waals surface area (Å²) in [6, 6.07) is 5.57. The Labute approximate surface area is 102 Å². The summed E-state index contributed by atoms with van der Waals surface area (Å²) >= 11 is 11.7. The number of benzene rings is 1. The lowest BCUT2D eigenvalue weighted by atomic mass is 10.1. The van der Waals surface area contributed by atoms with Crippen LogP contribution in [0.3, 0.4) is 0 Å². The Morgan fingerprint density at radius 2 is 2.07 bits per heavy atom. The zero-order valence-corrected chi connectivity index (χ0v) is 10.6. The molecule has 15 heavy (non-hydrogen) atoms. The Kier molecular flexibility index (Phi) is 5.27. The molecule has 0 saturated carbocycles. The second-order valence-electron chi connectivity index (χ2n) is 3.63. The van der Waals surface area contributed by atoms with E-state index < -0.39 is 0 Å². The van der Waals surface area contributed by atoms with Gasteiger partial charge in [0.25, 0.3) is 0 Å². The first-order valence-corrected chi connectivity index (χ1v) is 5.91. The second kappa shape index (κ2) is 6.24. The lowest BCUT2D eigenvalue weighted by Gasteiger charge is -2.10. The van der Waals surface area contributed by atoms with Crippen molar-refractivity contribution in [1.29, 1.82) is 0 Å². The molecule has 1 radical (unpaired) electrons. The van der Waals surface area contributed by atoms with Crippen LogP contribution in [-0.4, -0.2) is 6.54 Å². The summed E-state index contributed by atoms with van der Waals surface area (Å²) in [6.45, 7) is 5.24. The minimum Gasteiger partial charge on any atom is -0.385 e. The molecule has 1 aromatic rings. The van der Waals surface area contributed by atoms with Crippen LogP contribution in [0.25, 0.3) is 0 Å². The van der Waals surface area contributed by atoms with Crippen molar-refractivity contribution < 1.29 is 0 Å². The van der Waals surface area contributed by atoms with Crippen LogP contribution in [0, 0.1) is 12.3 Å². The van der Waals surface area contributed by atoms with E-state index in [-0.39, 0.29) is 0 Å². The summed E-state index contributed by atoms with van der Waals surface area (Å²) in [5, 5.41) is 4.46. The molecular weight excluding hydrogens is 229 g/mol. The van der Waals surface area contributed by atoms with Gasteiger partial charge >= 0.3 is 0 Å². The van der Waals surface area contributed by atoms with E-state index in [0.717, 1.165) is 12.2 Å². The lowest BCUT2D eigenvalue weighted by Crippen LogP contribution is -2.06. The van der Waals surface area contributed by atoms with Crippen molar-refractivity contribution in [2.45, 2.75) is 20.3 Å². The zero-order valence-electron chi connectivity index (χ0n) is 9.06. The first-order valence-electron chi connectivity index (χ1n) is 5.15. The second-order valence-corrected chi connectivity index (χ2v) is 4.45. The van der Waals surface area contributed by atoms with Gasteiger partial charge in [-0.1, -0.05) is 43.5 Å². The SMILES string of the molecule is CCC(C)[CH]CNc1ccc(Cl)c(Cl)c1. The average Bonchev–Trinajstić information content (AvgIpc) is 2.23. The fourth-order valence-corrected chi connectivity index (χ4v) is 1.45. The van der Waals surface area contributed by atoms with Gasteiger partial charge in [-0.3, -0.25) is 0 Å². The molecule has 1 unspecified atom stereocenters. The van der Waals surface area contributed by atoms with Gasteiger partial charge in [0.1, 0.15) is 0 Å². The maximum atomic E-state index is 5.90. The number of anilines is 1. The highest BCUT2D eigenvalue weighted by molar-refractivity contribution is 6.42. The highest BCUT2D eigenvalue weighted by atomic mass is 35.5. The van der Waals surface area contributed by atoms with Crippen LogP contribution in [0.5, 0.6) is 0 Å². The van der Waals surface area contributed by atoms with Crippen molar-refractivity contribution >= 4 is 28.9 Å². The standard InChI is InChI=1S/C12H16Cl2N/c1-3-9(2)6-7-15-10-4-5-11(13)12(14)8-10/h4-6,8-9,15H,3,7H2,1-2H3. The van der Waals surface area contributed by atoms with E-state index in [0.29, 0.717) is 16.0 Å². The predicted molar refractivity (Wildman–Crippen MR) is 68.7 cm³/mol. The smallest absolute Gasteiger partial charge is 0.0612 e. The van der Waals surface area contributed by atoms with E-state index in [1.807, 2.05) is 12.1 Å². The van der Waals surface area contributed by atoms with E-state index in [2.05, 4.69) is 25.6 Å². The molecule has 1 aromatic carbocycles. The lowest BCUT2D eigenvalue weighted by molar-refractivity contribution is 0.640. The Bertz CT molecular complexity index is 312. The number of rotatable bonds is 5. The summed E-state index contributed by atoms with van der Waals surface area (Å²) in [6.07, 6.45) is 3.42. The third-order valence-corrected chi connectivity index (χ3v) is 3.13. The summed E-state index contributed by atoms with van der Waals surface area (Å²) in [4.78, 5) is 0. The van der Waals surface area contributed by atoms with Crippen LogP contribution in [0.15, 0.2) is 18.2 Å². The molecule has 0 amide bonds. The minimum atomic E-state index is 0.588. The summed E-state index contributed by atoms with van der Waals surface area (Å²) < 4.78 is 0. The summed E-state index contributed by atoms with van der Waals surface area (Å²) in [7, 11) is 0. The first-order chi connectivity index (χ1) is 7.13. The average molecular weight is 245 g/mol. The van der Waals surface area contributed by atoms with Crippen LogP contribution in [0.4, 0.5) is 5.69 Å². The Hall–Kier alpha value is -0.400. The largest absolute Gasteiger partial charge is 0.385 e. The van der Waals surface area contributed by atoms with Crippen molar-refractivity contribution in [2.24, 2.45) is 5.92 Å². The molecule has 0 spiro atoms. The molecule has 3 heteroatoms. The van der Waals surface area contributed by atoms with Gasteiger partial charge in [-0.15, -0.1) is 0 Å². The van der Waals surface area contributed by atoms with Gasteiger partial charge in [0.2, 0.25) is 0 Å². The number of nitrogens with one attached hydrogen (secondary N) is 1. The van der Waals surface area contributed by atoms with Crippen molar-refractivity contribution in [2.75, 3.05) is 11.9 Å². The van der Waals surface area contributed by atoms with Crippen LogP contribution in [-0.2, 0) is 0 Å².